The molecule has 23 heavy (non-hydrogen) atoms. The monoisotopic (exact) mass is 333 g/mol. The van der Waals surface area contributed by atoms with Gasteiger partial charge in [-0.05, 0) is 32.0 Å². The summed E-state index contributed by atoms with van der Waals surface area (Å²) < 4.78 is 5.24. The number of hydrazine groups is 1. The van der Waals surface area contributed by atoms with Gasteiger partial charge in [0.15, 0.2) is 0 Å². The van der Waals surface area contributed by atoms with Crippen LogP contribution >= 0.6 is 11.8 Å². The van der Waals surface area contributed by atoms with Crippen LogP contribution in [0.15, 0.2) is 28.1 Å². The van der Waals surface area contributed by atoms with Gasteiger partial charge in [0, 0.05) is 24.0 Å². The van der Waals surface area contributed by atoms with Gasteiger partial charge in [-0.1, -0.05) is 0 Å². The second kappa shape index (κ2) is 5.56. The van der Waals surface area contributed by atoms with Crippen LogP contribution in [0.2, 0.25) is 0 Å². The van der Waals surface area contributed by atoms with Crippen molar-refractivity contribution < 1.29 is 14.3 Å². The van der Waals surface area contributed by atoms with Crippen LogP contribution in [0.3, 0.4) is 0 Å². The van der Waals surface area contributed by atoms with Gasteiger partial charge in [0.2, 0.25) is 5.91 Å². The number of piperidine rings is 1. The van der Waals surface area contributed by atoms with Gasteiger partial charge in [-0.15, -0.1) is 11.8 Å². The minimum atomic E-state index is -0.511. The van der Waals surface area contributed by atoms with E-state index < -0.39 is 10.8 Å². The summed E-state index contributed by atoms with van der Waals surface area (Å²) >= 11 is 1.46. The number of nitrogens with zero attached hydrogens (tertiary/aromatic N) is 2. The average Bonchev–Trinajstić information content (AvgIpc) is 2.49. The Hall–Kier alpha value is -2.02. The van der Waals surface area contributed by atoms with E-state index in [9.17, 15) is 9.59 Å². The molecule has 0 aromatic heterocycles. The van der Waals surface area contributed by atoms with Crippen molar-refractivity contribution in [3.05, 3.63) is 18.2 Å². The number of rotatable bonds is 2. The lowest BCUT2D eigenvalue weighted by atomic mass is 9.89. The number of aliphatic imine (C=N–C) groups is 1. The largest absolute Gasteiger partial charge is 0.497 e. The van der Waals surface area contributed by atoms with Crippen molar-refractivity contribution >= 4 is 35.0 Å². The standard InChI is InChI=1S/C16H19N3O3S/c1-9(20)18-19-15(21)14-12(8-16(19,2)3)17-11-6-5-10(22-4)7-13(11)23-14/h5-7,14H,8H2,1-4H3,(H,18,20). The summed E-state index contributed by atoms with van der Waals surface area (Å²) in [4.78, 5) is 29.9. The lowest BCUT2D eigenvalue weighted by Crippen LogP contribution is -2.64. The van der Waals surface area contributed by atoms with Gasteiger partial charge in [-0.25, -0.2) is 5.01 Å². The smallest absolute Gasteiger partial charge is 0.260 e. The first-order chi connectivity index (χ1) is 10.8. The summed E-state index contributed by atoms with van der Waals surface area (Å²) in [5.74, 6) is 0.334. The first-order valence-electron chi connectivity index (χ1n) is 7.35. The molecule has 0 aliphatic carbocycles. The molecule has 1 unspecified atom stereocenters. The quantitative estimate of drug-likeness (QED) is 0.901. The fourth-order valence-corrected chi connectivity index (χ4v) is 3.99. The highest BCUT2D eigenvalue weighted by Crippen LogP contribution is 2.44. The molecule has 3 rings (SSSR count). The van der Waals surface area contributed by atoms with Crippen molar-refractivity contribution in [3.63, 3.8) is 0 Å². The van der Waals surface area contributed by atoms with Crippen LogP contribution in [-0.4, -0.2) is 40.4 Å². The molecule has 122 valence electrons. The van der Waals surface area contributed by atoms with Crippen molar-refractivity contribution in [2.24, 2.45) is 4.99 Å². The van der Waals surface area contributed by atoms with Crippen LogP contribution in [0.5, 0.6) is 5.75 Å². The van der Waals surface area contributed by atoms with Crippen LogP contribution in [0.25, 0.3) is 0 Å². The average molecular weight is 333 g/mol. The van der Waals surface area contributed by atoms with Gasteiger partial charge in [0.1, 0.15) is 11.0 Å². The molecule has 1 atom stereocenters. The van der Waals surface area contributed by atoms with E-state index in [2.05, 4.69) is 10.4 Å². The maximum absolute atomic E-state index is 12.9. The molecule has 7 heteroatoms. The second-order valence-electron chi connectivity index (χ2n) is 6.27. The lowest BCUT2D eigenvalue weighted by molar-refractivity contribution is -0.147. The number of thioether (sulfide) groups is 1. The Kier molecular flexibility index (Phi) is 3.83. The van der Waals surface area contributed by atoms with E-state index in [1.54, 1.807) is 7.11 Å². The van der Waals surface area contributed by atoms with E-state index in [4.69, 9.17) is 4.74 Å². The topological polar surface area (TPSA) is 71.0 Å². The normalized spacial score (nSPS) is 21.9. The van der Waals surface area contributed by atoms with Gasteiger partial charge in [-0.3, -0.25) is 20.0 Å². The number of carbonyl (C=O) groups excluding carboxylic acids is 2. The second-order valence-corrected chi connectivity index (χ2v) is 7.41. The van der Waals surface area contributed by atoms with Crippen molar-refractivity contribution in [3.8, 4) is 5.75 Å². The number of amides is 2. The summed E-state index contributed by atoms with van der Waals surface area (Å²) in [7, 11) is 1.61. The fraction of sp³-hybridized carbons (Fsp3) is 0.438. The number of methoxy groups -OCH3 is 1. The highest BCUT2D eigenvalue weighted by Gasteiger charge is 2.46. The van der Waals surface area contributed by atoms with Gasteiger partial charge in [-0.2, -0.15) is 0 Å². The minimum absolute atomic E-state index is 0.145. The summed E-state index contributed by atoms with van der Waals surface area (Å²) in [6.45, 7) is 5.25. The molecule has 2 amide bonds. The lowest BCUT2D eigenvalue weighted by Gasteiger charge is -2.45. The molecule has 2 heterocycles. The molecule has 0 bridgehead atoms. The van der Waals surface area contributed by atoms with Crippen LogP contribution < -0.4 is 10.2 Å². The highest BCUT2D eigenvalue weighted by atomic mass is 32.2. The molecular formula is C16H19N3O3S. The Balaban J connectivity index is 1.98. The van der Waals surface area contributed by atoms with Crippen molar-refractivity contribution in [2.45, 2.75) is 42.9 Å². The van der Waals surface area contributed by atoms with E-state index >= 15 is 0 Å². The summed E-state index contributed by atoms with van der Waals surface area (Å²) in [5, 5.41) is 1.03. The molecule has 1 aromatic rings. The Morgan fingerprint density at radius 3 is 2.87 bits per heavy atom. The minimum Gasteiger partial charge on any atom is -0.497 e. The fourth-order valence-electron chi connectivity index (χ4n) is 2.84. The Morgan fingerprint density at radius 2 is 2.22 bits per heavy atom. The zero-order valence-electron chi connectivity index (χ0n) is 13.5. The molecule has 1 saturated heterocycles. The third kappa shape index (κ3) is 2.81. The van der Waals surface area contributed by atoms with Crippen LogP contribution in [0.1, 0.15) is 27.2 Å². The molecule has 6 nitrogen and oxygen atoms in total. The number of nitrogens with one attached hydrogen (secondary N) is 1. The third-order valence-electron chi connectivity index (χ3n) is 3.91. The van der Waals surface area contributed by atoms with Crippen LogP contribution in [-0.2, 0) is 9.59 Å². The predicted molar refractivity (Wildman–Crippen MR) is 89.1 cm³/mol. The SMILES string of the molecule is COc1ccc2c(c1)SC1C(=O)N(NC(C)=O)C(C)(C)CC1=N2. The number of fused-ring (bicyclic) bond motifs is 2. The molecule has 2 aliphatic rings. The molecule has 2 aliphatic heterocycles. The van der Waals surface area contributed by atoms with Crippen LogP contribution in [0.4, 0.5) is 5.69 Å². The molecule has 1 aromatic carbocycles. The van der Waals surface area contributed by atoms with Gasteiger partial charge in [0.25, 0.3) is 5.91 Å². The predicted octanol–water partition coefficient (Wildman–Crippen LogP) is 2.30. The Morgan fingerprint density at radius 1 is 1.48 bits per heavy atom. The number of hydrogen-bond acceptors (Lipinski definition) is 5. The van der Waals surface area contributed by atoms with E-state index in [0.29, 0.717) is 6.42 Å². The molecule has 1 N–H and O–H groups in total. The Bertz CT molecular complexity index is 715. The van der Waals surface area contributed by atoms with E-state index in [0.717, 1.165) is 22.0 Å². The summed E-state index contributed by atoms with van der Waals surface area (Å²) in [5.41, 5.74) is 3.85. The zero-order chi connectivity index (χ0) is 16.8. The zero-order valence-corrected chi connectivity index (χ0v) is 14.4. The van der Waals surface area contributed by atoms with Crippen molar-refractivity contribution in [2.75, 3.05) is 7.11 Å². The number of benzene rings is 1. The van der Waals surface area contributed by atoms with Crippen LogP contribution in [0, 0.1) is 0 Å². The first-order valence-corrected chi connectivity index (χ1v) is 8.23. The van der Waals surface area contributed by atoms with Gasteiger partial charge >= 0.3 is 0 Å². The molecule has 0 spiro atoms. The van der Waals surface area contributed by atoms with E-state index in [-0.39, 0.29) is 11.8 Å². The summed E-state index contributed by atoms with van der Waals surface area (Å²) in [6, 6.07) is 5.65. The maximum atomic E-state index is 12.9. The number of hydrogen-bond donors (Lipinski definition) is 1. The maximum Gasteiger partial charge on any atom is 0.260 e. The van der Waals surface area contributed by atoms with E-state index in [1.807, 2.05) is 32.0 Å². The van der Waals surface area contributed by atoms with Gasteiger partial charge < -0.3 is 4.74 Å². The van der Waals surface area contributed by atoms with E-state index in [1.165, 1.54) is 23.7 Å². The highest BCUT2D eigenvalue weighted by molar-refractivity contribution is 8.01. The third-order valence-corrected chi connectivity index (χ3v) is 5.20. The molecule has 0 radical (unpaired) electrons. The summed E-state index contributed by atoms with van der Waals surface area (Å²) in [6.07, 6.45) is 0.613. The molecule has 1 fully saturated rings. The molecule has 0 saturated carbocycles. The van der Waals surface area contributed by atoms with Crippen molar-refractivity contribution in [1.29, 1.82) is 0 Å². The number of carbonyl (C=O) groups is 2. The Labute approximate surface area is 139 Å². The first kappa shape index (κ1) is 15.9. The molecular weight excluding hydrogens is 314 g/mol. The number of ether oxygens (including phenoxy) is 1. The van der Waals surface area contributed by atoms with Gasteiger partial charge in [0.05, 0.1) is 18.3 Å². The van der Waals surface area contributed by atoms with Crippen molar-refractivity contribution in [1.82, 2.24) is 10.4 Å².